The first-order valence-electron chi connectivity index (χ1n) is 17.2. The van der Waals surface area contributed by atoms with Crippen LogP contribution in [0.25, 0.3) is 66.4 Å². The second-order valence-corrected chi connectivity index (χ2v) is 15.9. The van der Waals surface area contributed by atoms with Crippen LogP contribution in [0.4, 0.5) is 0 Å². The summed E-state index contributed by atoms with van der Waals surface area (Å²) in [7, 11) is 0. The number of halogens is 4. The number of rotatable bonds is 4. The van der Waals surface area contributed by atoms with Crippen LogP contribution in [0.5, 0.6) is 0 Å². The third-order valence-corrected chi connectivity index (χ3v) is 11.2. The van der Waals surface area contributed by atoms with E-state index in [-0.39, 0.29) is 24.8 Å². The van der Waals surface area contributed by atoms with E-state index in [2.05, 4.69) is 86.6 Å². The molecule has 2 nitrogen and oxygen atoms in total. The summed E-state index contributed by atoms with van der Waals surface area (Å²) >= 11 is 13.7. The van der Waals surface area contributed by atoms with E-state index >= 15 is 0 Å². The van der Waals surface area contributed by atoms with E-state index < -0.39 is 0 Å². The molecule has 0 unspecified atom stereocenters. The molecule has 1 aliphatic carbocycles. The molecule has 2 aromatic heterocycles. The van der Waals surface area contributed by atoms with Crippen LogP contribution in [0.1, 0.15) is 41.9 Å². The SMILES string of the molecule is Cc1ccc(-c2cc3c(-c4ccc(Cl)cc4)c(C)ccc3[cH-]2)o1.Cc1ccc(-c2cc3c(-c4ccc(Cl)cc4)c(C)ccc3[cH-]2)o1.[Cl-].[Cl-].[Zr+2]=[C]1CCC1. The van der Waals surface area contributed by atoms with E-state index in [0.29, 0.717) is 0 Å². The molecule has 6 aromatic carbocycles. The van der Waals surface area contributed by atoms with Crippen LogP contribution in [0, 0.1) is 27.7 Å². The van der Waals surface area contributed by atoms with Gasteiger partial charge >= 0.3 is 46.7 Å². The standard InChI is InChI=1S/2C21H16ClO.C4H6.2ClH.Zr/c2*1-13-3-5-16-11-17(20-10-4-14(2)23-20)12-19(16)21(13)15-6-8-18(22)9-7-15;1-2-4-3-1;;;/h2*3-12H,1-2H3;1-3H2;2*1H;/q2*-1;;;;+2/p-2. The molecule has 7 heteroatoms. The molecule has 1 fully saturated rings. The minimum atomic E-state index is 0. The predicted molar refractivity (Wildman–Crippen MR) is 213 cm³/mol. The molecule has 53 heavy (non-hydrogen) atoms. The number of aryl methyl sites for hydroxylation is 4. The van der Waals surface area contributed by atoms with Gasteiger partial charge in [-0.1, -0.05) is 81.9 Å². The van der Waals surface area contributed by atoms with E-state index in [9.17, 15) is 0 Å². The van der Waals surface area contributed by atoms with Gasteiger partial charge in [-0.3, -0.25) is 0 Å². The maximum absolute atomic E-state index is 6.03. The van der Waals surface area contributed by atoms with Gasteiger partial charge in [0.15, 0.2) is 0 Å². The number of hydrogen-bond donors (Lipinski definition) is 0. The molecular weight excluding hydrogens is 818 g/mol. The Labute approximate surface area is 349 Å². The van der Waals surface area contributed by atoms with Crippen LogP contribution in [0.2, 0.25) is 10.0 Å². The predicted octanol–water partition coefficient (Wildman–Crippen LogP) is 8.41. The van der Waals surface area contributed by atoms with Gasteiger partial charge in [0, 0.05) is 10.0 Å². The Hall–Kier alpha value is -3.43. The van der Waals surface area contributed by atoms with Crippen molar-refractivity contribution in [3.63, 3.8) is 0 Å². The van der Waals surface area contributed by atoms with E-state index in [1.807, 2.05) is 62.4 Å². The third-order valence-electron chi connectivity index (χ3n) is 9.47. The molecule has 0 bridgehead atoms. The number of fused-ring (bicyclic) bond motifs is 2. The monoisotopic (exact) mass is 852 g/mol. The van der Waals surface area contributed by atoms with Gasteiger partial charge in [0.2, 0.25) is 0 Å². The van der Waals surface area contributed by atoms with Crippen molar-refractivity contribution in [2.45, 2.75) is 47.0 Å². The Morgan fingerprint density at radius 1 is 0.528 bits per heavy atom. The molecule has 8 aromatic rings. The van der Waals surface area contributed by atoms with Crippen molar-refractivity contribution in [3.05, 3.63) is 154 Å². The van der Waals surface area contributed by atoms with Gasteiger partial charge in [0.25, 0.3) is 0 Å². The van der Waals surface area contributed by atoms with Gasteiger partial charge in [-0.15, -0.1) is 57.9 Å². The van der Waals surface area contributed by atoms with Gasteiger partial charge < -0.3 is 33.6 Å². The zero-order valence-electron chi connectivity index (χ0n) is 30.0. The molecule has 0 spiro atoms. The molecule has 1 aliphatic rings. The fraction of sp³-hybridized carbons (Fsp3) is 0.152. The molecule has 268 valence electrons. The van der Waals surface area contributed by atoms with Crippen LogP contribution in [0.3, 0.4) is 0 Å². The average Bonchev–Trinajstić information content (AvgIpc) is 3.92. The molecule has 0 N–H and O–H groups in total. The summed E-state index contributed by atoms with van der Waals surface area (Å²) < 4.78 is 13.3. The van der Waals surface area contributed by atoms with Crippen molar-refractivity contribution < 1.29 is 57.9 Å². The minimum absolute atomic E-state index is 0. The molecule has 0 radical (unpaired) electrons. The van der Waals surface area contributed by atoms with Crippen molar-refractivity contribution >= 4 is 48.0 Å². The number of benzene rings is 4. The van der Waals surface area contributed by atoms with Gasteiger partial charge in [-0.25, -0.2) is 0 Å². The summed E-state index contributed by atoms with van der Waals surface area (Å²) in [6.07, 6.45) is 4.36. The van der Waals surface area contributed by atoms with Crippen LogP contribution in [0.15, 0.2) is 130 Å². The number of furan rings is 2. The first-order valence-corrected chi connectivity index (χ1v) is 19.2. The fourth-order valence-corrected chi connectivity index (χ4v) is 7.72. The zero-order valence-corrected chi connectivity index (χ0v) is 35.5. The second-order valence-electron chi connectivity index (χ2n) is 13.3. The van der Waals surface area contributed by atoms with Gasteiger partial charge in [-0.2, -0.15) is 0 Å². The maximum atomic E-state index is 6.03. The van der Waals surface area contributed by atoms with Gasteiger partial charge in [0.1, 0.15) is 0 Å². The molecule has 1 saturated carbocycles. The summed E-state index contributed by atoms with van der Waals surface area (Å²) in [5.74, 6) is 3.69. The van der Waals surface area contributed by atoms with Gasteiger partial charge in [0.05, 0.1) is 23.0 Å². The molecule has 0 amide bonds. The van der Waals surface area contributed by atoms with E-state index in [1.165, 1.54) is 74.2 Å². The first-order chi connectivity index (χ1) is 24.6. The van der Waals surface area contributed by atoms with E-state index in [1.54, 1.807) is 27.4 Å². The summed E-state index contributed by atoms with van der Waals surface area (Å²) in [4.78, 5) is 0. The Morgan fingerprint density at radius 3 is 1.21 bits per heavy atom. The molecule has 0 aliphatic heterocycles. The third kappa shape index (κ3) is 9.28. The van der Waals surface area contributed by atoms with Crippen LogP contribution < -0.4 is 24.8 Å². The Balaban J connectivity index is 0.000000175. The molecule has 0 saturated heterocycles. The summed E-state index contributed by atoms with van der Waals surface area (Å²) in [5, 5.41) is 6.46. The van der Waals surface area contributed by atoms with Crippen molar-refractivity contribution in [3.8, 4) is 44.9 Å². The van der Waals surface area contributed by atoms with Crippen LogP contribution in [-0.4, -0.2) is 3.21 Å². The van der Waals surface area contributed by atoms with Gasteiger partial charge in [-0.05, 0) is 98.5 Å². The van der Waals surface area contributed by atoms with Crippen molar-refractivity contribution in [2.24, 2.45) is 0 Å². The van der Waals surface area contributed by atoms with Crippen LogP contribution in [-0.2, 0) is 24.2 Å². The summed E-state index contributed by atoms with van der Waals surface area (Å²) in [5.41, 5.74) is 9.64. The molecule has 0 atom stereocenters. The van der Waals surface area contributed by atoms with Crippen molar-refractivity contribution in [1.82, 2.24) is 0 Å². The zero-order chi connectivity index (χ0) is 35.6. The fourth-order valence-electron chi connectivity index (χ4n) is 6.60. The number of hydrogen-bond acceptors (Lipinski definition) is 2. The Kier molecular flexibility index (Phi) is 13.7. The van der Waals surface area contributed by atoms with E-state index in [0.717, 1.165) is 44.2 Å². The average molecular weight is 856 g/mol. The summed E-state index contributed by atoms with van der Waals surface area (Å²) in [6.45, 7) is 8.23. The second kappa shape index (κ2) is 17.8. The topological polar surface area (TPSA) is 26.3 Å². The van der Waals surface area contributed by atoms with Crippen molar-refractivity contribution in [1.29, 1.82) is 0 Å². The Bertz CT molecular complexity index is 2300. The van der Waals surface area contributed by atoms with Crippen molar-refractivity contribution in [2.75, 3.05) is 0 Å². The first kappa shape index (κ1) is 40.8. The summed E-state index contributed by atoms with van der Waals surface area (Å²) in [6, 6.07) is 41.6. The normalized spacial score (nSPS) is 11.9. The van der Waals surface area contributed by atoms with E-state index in [4.69, 9.17) is 32.0 Å². The molecule has 2 heterocycles. The Morgan fingerprint density at radius 2 is 0.906 bits per heavy atom. The van der Waals surface area contributed by atoms with Crippen LogP contribution >= 0.6 is 23.2 Å². The quantitative estimate of drug-likeness (QED) is 0.167. The molecular formula is C46H38Cl4O2Zr-2. The molecule has 9 rings (SSSR count).